The van der Waals surface area contributed by atoms with Crippen molar-refractivity contribution in [1.29, 1.82) is 0 Å². The molecular weight excluding hydrogens is 240 g/mol. The fourth-order valence-electron chi connectivity index (χ4n) is 1.87. The van der Waals surface area contributed by atoms with E-state index in [0.29, 0.717) is 19.7 Å². The monoisotopic (exact) mass is 264 g/mol. The molecule has 0 aliphatic heterocycles. The summed E-state index contributed by atoms with van der Waals surface area (Å²) in [6, 6.07) is 7.86. The highest BCUT2D eigenvalue weighted by atomic mass is 16.5. The first-order chi connectivity index (χ1) is 9.10. The van der Waals surface area contributed by atoms with E-state index in [0.717, 1.165) is 17.7 Å². The predicted octanol–water partition coefficient (Wildman–Crippen LogP) is 1.82. The Morgan fingerprint density at radius 2 is 2.11 bits per heavy atom. The average molecular weight is 264 g/mol. The number of amides is 1. The fraction of sp³-hybridized carbons (Fsp3) is 0.533. The topological polar surface area (TPSA) is 55.6 Å². The van der Waals surface area contributed by atoms with Crippen LogP contribution in [0.3, 0.4) is 0 Å². The summed E-state index contributed by atoms with van der Waals surface area (Å²) in [6.07, 6.45) is 0.776. The maximum absolute atomic E-state index is 12.0. The molecule has 1 amide bonds. The molecule has 1 aromatic carbocycles. The van der Waals surface area contributed by atoms with E-state index in [1.54, 1.807) is 11.9 Å². The van der Waals surface area contributed by atoms with E-state index in [4.69, 9.17) is 10.5 Å². The van der Waals surface area contributed by atoms with Crippen molar-refractivity contribution in [2.24, 2.45) is 11.7 Å². The number of aryl methyl sites for hydroxylation is 1. The molecule has 0 bridgehead atoms. The molecule has 0 aromatic heterocycles. The van der Waals surface area contributed by atoms with E-state index in [1.165, 1.54) is 0 Å². The van der Waals surface area contributed by atoms with Crippen LogP contribution in [0, 0.1) is 12.8 Å². The predicted molar refractivity (Wildman–Crippen MR) is 77.1 cm³/mol. The maximum atomic E-state index is 12.0. The highest BCUT2D eigenvalue weighted by Gasteiger charge is 2.18. The molecule has 1 atom stereocenters. The van der Waals surface area contributed by atoms with Gasteiger partial charge in [-0.1, -0.05) is 25.1 Å². The summed E-state index contributed by atoms with van der Waals surface area (Å²) in [5, 5.41) is 0. The third-order valence-electron chi connectivity index (χ3n) is 3.28. The van der Waals surface area contributed by atoms with Gasteiger partial charge < -0.3 is 15.4 Å². The van der Waals surface area contributed by atoms with Gasteiger partial charge in [0.2, 0.25) is 5.91 Å². The number of benzene rings is 1. The molecule has 1 unspecified atom stereocenters. The van der Waals surface area contributed by atoms with Crippen LogP contribution in [0.25, 0.3) is 0 Å². The van der Waals surface area contributed by atoms with Crippen LogP contribution in [0.4, 0.5) is 0 Å². The first kappa shape index (κ1) is 15.5. The smallest absolute Gasteiger partial charge is 0.226 e. The van der Waals surface area contributed by atoms with Gasteiger partial charge in [-0.3, -0.25) is 4.79 Å². The summed E-state index contributed by atoms with van der Waals surface area (Å²) >= 11 is 0. The third kappa shape index (κ3) is 4.56. The van der Waals surface area contributed by atoms with E-state index < -0.39 is 0 Å². The summed E-state index contributed by atoms with van der Waals surface area (Å²) in [5.41, 5.74) is 6.68. The SMILES string of the molecule is CCC(CN)C(=O)N(C)CCOc1ccccc1C. The molecule has 4 nitrogen and oxygen atoms in total. The van der Waals surface area contributed by atoms with Crippen molar-refractivity contribution in [2.75, 3.05) is 26.7 Å². The molecule has 0 radical (unpaired) electrons. The molecule has 0 aliphatic rings. The summed E-state index contributed by atoms with van der Waals surface area (Å²) in [6.45, 7) is 5.45. The number of hydrogen-bond donors (Lipinski definition) is 1. The zero-order chi connectivity index (χ0) is 14.3. The highest BCUT2D eigenvalue weighted by molar-refractivity contribution is 5.78. The lowest BCUT2D eigenvalue weighted by molar-refractivity contribution is -0.134. The van der Waals surface area contributed by atoms with Gasteiger partial charge in [-0.2, -0.15) is 0 Å². The van der Waals surface area contributed by atoms with Crippen LogP contribution in [-0.4, -0.2) is 37.6 Å². The van der Waals surface area contributed by atoms with E-state index in [9.17, 15) is 4.79 Å². The zero-order valence-electron chi connectivity index (χ0n) is 12.1. The first-order valence-corrected chi connectivity index (χ1v) is 6.73. The number of carbonyl (C=O) groups excluding carboxylic acids is 1. The Bertz CT molecular complexity index is 403. The van der Waals surface area contributed by atoms with Crippen LogP contribution in [-0.2, 0) is 4.79 Å². The lowest BCUT2D eigenvalue weighted by Gasteiger charge is -2.22. The van der Waals surface area contributed by atoms with Gasteiger partial charge in [-0.15, -0.1) is 0 Å². The Balaban J connectivity index is 2.41. The van der Waals surface area contributed by atoms with Crippen molar-refractivity contribution in [1.82, 2.24) is 4.90 Å². The minimum Gasteiger partial charge on any atom is -0.491 e. The van der Waals surface area contributed by atoms with E-state index in [-0.39, 0.29) is 11.8 Å². The van der Waals surface area contributed by atoms with Gasteiger partial charge in [-0.25, -0.2) is 0 Å². The average Bonchev–Trinajstić information content (AvgIpc) is 2.42. The molecule has 19 heavy (non-hydrogen) atoms. The van der Waals surface area contributed by atoms with Crippen molar-refractivity contribution < 1.29 is 9.53 Å². The van der Waals surface area contributed by atoms with Crippen LogP contribution in [0.15, 0.2) is 24.3 Å². The minimum atomic E-state index is -0.0801. The summed E-state index contributed by atoms with van der Waals surface area (Å²) in [5.74, 6) is 0.885. The molecule has 0 fully saturated rings. The molecule has 106 valence electrons. The van der Waals surface area contributed by atoms with Crippen LogP contribution >= 0.6 is 0 Å². The van der Waals surface area contributed by atoms with Crippen molar-refractivity contribution in [3.05, 3.63) is 29.8 Å². The summed E-state index contributed by atoms with van der Waals surface area (Å²) in [4.78, 5) is 13.7. The first-order valence-electron chi connectivity index (χ1n) is 6.73. The Kier molecular flexibility index (Phi) is 6.36. The lowest BCUT2D eigenvalue weighted by atomic mass is 10.1. The van der Waals surface area contributed by atoms with Gasteiger partial charge in [0.25, 0.3) is 0 Å². The Labute approximate surface area is 115 Å². The summed E-state index contributed by atoms with van der Waals surface area (Å²) in [7, 11) is 1.79. The molecular formula is C15H24N2O2. The van der Waals surface area contributed by atoms with Gasteiger partial charge in [0, 0.05) is 13.6 Å². The second kappa shape index (κ2) is 7.79. The second-order valence-electron chi connectivity index (χ2n) is 4.71. The zero-order valence-corrected chi connectivity index (χ0v) is 12.1. The quantitative estimate of drug-likeness (QED) is 0.817. The maximum Gasteiger partial charge on any atom is 0.226 e. The lowest BCUT2D eigenvalue weighted by Crippen LogP contribution is -2.38. The Morgan fingerprint density at radius 1 is 1.42 bits per heavy atom. The van der Waals surface area contributed by atoms with Gasteiger partial charge in [-0.05, 0) is 25.0 Å². The van der Waals surface area contributed by atoms with Crippen molar-refractivity contribution >= 4 is 5.91 Å². The fourth-order valence-corrected chi connectivity index (χ4v) is 1.87. The summed E-state index contributed by atoms with van der Waals surface area (Å²) < 4.78 is 5.68. The van der Waals surface area contributed by atoms with Crippen molar-refractivity contribution in [3.63, 3.8) is 0 Å². The Hall–Kier alpha value is -1.55. The molecule has 1 rings (SSSR count). The highest BCUT2D eigenvalue weighted by Crippen LogP contribution is 2.16. The van der Waals surface area contributed by atoms with Gasteiger partial charge in [0.15, 0.2) is 0 Å². The largest absolute Gasteiger partial charge is 0.491 e. The Morgan fingerprint density at radius 3 is 2.68 bits per heavy atom. The van der Waals surface area contributed by atoms with Crippen molar-refractivity contribution in [3.8, 4) is 5.75 Å². The number of rotatable bonds is 7. The van der Waals surface area contributed by atoms with E-state index in [1.807, 2.05) is 38.1 Å². The molecule has 0 heterocycles. The van der Waals surface area contributed by atoms with Gasteiger partial charge >= 0.3 is 0 Å². The third-order valence-corrected chi connectivity index (χ3v) is 3.28. The van der Waals surface area contributed by atoms with Crippen LogP contribution in [0.1, 0.15) is 18.9 Å². The number of ether oxygens (including phenoxy) is 1. The molecule has 0 spiro atoms. The molecule has 0 aliphatic carbocycles. The van der Waals surface area contributed by atoms with Crippen LogP contribution in [0.2, 0.25) is 0 Å². The van der Waals surface area contributed by atoms with Crippen LogP contribution < -0.4 is 10.5 Å². The number of likely N-dealkylation sites (N-methyl/N-ethyl adjacent to an activating group) is 1. The van der Waals surface area contributed by atoms with Gasteiger partial charge in [0.05, 0.1) is 12.5 Å². The number of carbonyl (C=O) groups is 1. The number of hydrogen-bond acceptors (Lipinski definition) is 3. The molecule has 1 aromatic rings. The molecule has 0 saturated carbocycles. The number of para-hydroxylation sites is 1. The minimum absolute atomic E-state index is 0.0801. The standard InChI is InChI=1S/C15H24N2O2/c1-4-13(11-16)15(18)17(3)9-10-19-14-8-6-5-7-12(14)2/h5-8,13H,4,9-11,16H2,1-3H3. The normalized spacial score (nSPS) is 12.0. The molecule has 2 N–H and O–H groups in total. The number of nitrogens with zero attached hydrogens (tertiary/aromatic N) is 1. The second-order valence-corrected chi connectivity index (χ2v) is 4.71. The molecule has 4 heteroatoms. The van der Waals surface area contributed by atoms with E-state index in [2.05, 4.69) is 0 Å². The number of nitrogens with two attached hydrogens (primary N) is 1. The van der Waals surface area contributed by atoms with Crippen molar-refractivity contribution in [2.45, 2.75) is 20.3 Å². The van der Waals surface area contributed by atoms with E-state index >= 15 is 0 Å². The van der Waals surface area contributed by atoms with Gasteiger partial charge in [0.1, 0.15) is 12.4 Å². The molecule has 0 saturated heterocycles. The van der Waals surface area contributed by atoms with Crippen LogP contribution in [0.5, 0.6) is 5.75 Å².